The Hall–Kier alpha value is -2.67. The molecule has 1 aromatic carbocycles. The fourth-order valence-corrected chi connectivity index (χ4v) is 3.77. The largest absolute Gasteiger partial charge is 0.497 e. The zero-order valence-corrected chi connectivity index (χ0v) is 16.4. The van der Waals surface area contributed by atoms with Crippen molar-refractivity contribution in [1.29, 1.82) is 0 Å². The number of hydrogen-bond donors (Lipinski definition) is 1. The molecule has 1 aliphatic heterocycles. The van der Waals surface area contributed by atoms with Gasteiger partial charge in [-0.15, -0.1) is 0 Å². The summed E-state index contributed by atoms with van der Waals surface area (Å²) >= 11 is 0. The van der Waals surface area contributed by atoms with E-state index in [1.807, 2.05) is 31.3 Å². The summed E-state index contributed by atoms with van der Waals surface area (Å²) in [5, 5.41) is 3.07. The number of hydrogen-bond acceptors (Lipinski definition) is 6. The van der Waals surface area contributed by atoms with E-state index in [9.17, 15) is 4.79 Å². The van der Waals surface area contributed by atoms with Crippen molar-refractivity contribution in [1.82, 2.24) is 9.97 Å². The first kappa shape index (κ1) is 18.7. The lowest BCUT2D eigenvalue weighted by molar-refractivity contribution is -0.120. The fourth-order valence-electron chi connectivity index (χ4n) is 3.77. The summed E-state index contributed by atoms with van der Waals surface area (Å²) in [6.45, 7) is 5.05. The van der Waals surface area contributed by atoms with Crippen molar-refractivity contribution in [2.45, 2.75) is 26.2 Å². The number of aromatic nitrogens is 2. The minimum atomic E-state index is -0.0631. The van der Waals surface area contributed by atoms with Gasteiger partial charge in [0.25, 0.3) is 0 Å². The van der Waals surface area contributed by atoms with E-state index in [1.165, 1.54) is 0 Å². The number of nitrogens with one attached hydrogen (secondary N) is 1. The highest BCUT2D eigenvalue weighted by Crippen LogP contribution is 2.28. The van der Waals surface area contributed by atoms with Crippen molar-refractivity contribution in [3.63, 3.8) is 0 Å². The molecular formula is C21H26N4O3. The molecular weight excluding hydrogens is 356 g/mol. The van der Waals surface area contributed by atoms with Gasteiger partial charge in [0.2, 0.25) is 11.9 Å². The molecule has 1 aromatic heterocycles. The van der Waals surface area contributed by atoms with Gasteiger partial charge < -0.3 is 19.7 Å². The van der Waals surface area contributed by atoms with Crippen LogP contribution in [-0.4, -0.2) is 49.3 Å². The molecule has 0 unspecified atom stereocenters. The van der Waals surface area contributed by atoms with Crippen LogP contribution in [-0.2, 0) is 22.4 Å². The summed E-state index contributed by atoms with van der Waals surface area (Å²) in [5.41, 5.74) is 3.97. The van der Waals surface area contributed by atoms with Crippen LogP contribution in [0.5, 0.6) is 5.75 Å². The number of nitrogens with zero attached hydrogens (tertiary/aromatic N) is 3. The molecule has 1 amide bonds. The van der Waals surface area contributed by atoms with E-state index in [-0.39, 0.29) is 11.8 Å². The monoisotopic (exact) mass is 382 g/mol. The van der Waals surface area contributed by atoms with Crippen molar-refractivity contribution in [2.75, 3.05) is 43.6 Å². The Bertz CT molecular complexity index is 865. The molecule has 1 atom stereocenters. The summed E-state index contributed by atoms with van der Waals surface area (Å²) in [4.78, 5) is 24.3. The maximum Gasteiger partial charge on any atom is 0.227 e. The third-order valence-electron chi connectivity index (χ3n) is 5.49. The Morgan fingerprint density at radius 2 is 2.14 bits per heavy atom. The van der Waals surface area contributed by atoms with Crippen LogP contribution < -0.4 is 15.0 Å². The summed E-state index contributed by atoms with van der Waals surface area (Å²) < 4.78 is 10.6. The van der Waals surface area contributed by atoms with E-state index in [2.05, 4.69) is 15.2 Å². The maximum atomic E-state index is 12.8. The van der Waals surface area contributed by atoms with Gasteiger partial charge in [-0.25, -0.2) is 9.97 Å². The van der Waals surface area contributed by atoms with Gasteiger partial charge in [0.05, 0.1) is 20.3 Å². The molecule has 0 saturated carbocycles. The van der Waals surface area contributed by atoms with Crippen molar-refractivity contribution in [3.05, 3.63) is 41.2 Å². The van der Waals surface area contributed by atoms with E-state index >= 15 is 0 Å². The average molecular weight is 382 g/mol. The van der Waals surface area contributed by atoms with Gasteiger partial charge in [-0.2, -0.15) is 0 Å². The lowest BCUT2D eigenvalue weighted by Gasteiger charge is -2.29. The molecule has 0 radical (unpaired) electrons. The van der Waals surface area contributed by atoms with E-state index in [0.29, 0.717) is 19.6 Å². The number of fused-ring (bicyclic) bond motifs is 1. The minimum Gasteiger partial charge on any atom is -0.497 e. The predicted molar refractivity (Wildman–Crippen MR) is 107 cm³/mol. The topological polar surface area (TPSA) is 76.6 Å². The van der Waals surface area contributed by atoms with Gasteiger partial charge in [-0.1, -0.05) is 0 Å². The van der Waals surface area contributed by atoms with Crippen LogP contribution in [0.15, 0.2) is 24.4 Å². The highest BCUT2D eigenvalue weighted by molar-refractivity contribution is 5.93. The molecule has 0 bridgehead atoms. The van der Waals surface area contributed by atoms with E-state index in [0.717, 1.165) is 60.1 Å². The summed E-state index contributed by atoms with van der Waals surface area (Å²) in [6, 6.07) is 5.67. The first-order valence-electron chi connectivity index (χ1n) is 9.77. The van der Waals surface area contributed by atoms with E-state index in [4.69, 9.17) is 14.5 Å². The molecule has 7 heteroatoms. The second kappa shape index (κ2) is 8.14. The molecule has 7 nitrogen and oxygen atoms in total. The Balaban J connectivity index is 1.42. The van der Waals surface area contributed by atoms with Crippen LogP contribution in [0.1, 0.15) is 23.2 Å². The lowest BCUT2D eigenvalue weighted by atomic mass is 9.86. The standard InChI is InChI=1S/C21H26N4O3/c1-14-11-17(27-2)4-6-18(14)23-20(26)15-3-5-19-16(12-15)13-22-21(24-19)25-7-9-28-10-8-25/h4,6,11,13,15H,3,5,7-10,12H2,1-2H3,(H,23,26)/t15-/m1/s1. The van der Waals surface area contributed by atoms with Gasteiger partial charge in [0.1, 0.15) is 5.75 Å². The van der Waals surface area contributed by atoms with E-state index < -0.39 is 0 Å². The zero-order chi connectivity index (χ0) is 19.5. The number of aryl methyl sites for hydroxylation is 2. The Morgan fingerprint density at radius 3 is 2.89 bits per heavy atom. The van der Waals surface area contributed by atoms with Crippen LogP contribution in [0.25, 0.3) is 0 Å². The maximum absolute atomic E-state index is 12.8. The number of amides is 1. The second-order valence-electron chi connectivity index (χ2n) is 7.35. The molecule has 148 valence electrons. The lowest BCUT2D eigenvalue weighted by Crippen LogP contribution is -2.38. The molecule has 2 aliphatic rings. The summed E-state index contributed by atoms with van der Waals surface area (Å²) in [5.74, 6) is 1.55. The number of benzene rings is 1. The van der Waals surface area contributed by atoms with Gasteiger partial charge in [0, 0.05) is 36.6 Å². The fraction of sp³-hybridized carbons (Fsp3) is 0.476. The first-order valence-corrected chi connectivity index (χ1v) is 9.77. The molecule has 0 spiro atoms. The highest BCUT2D eigenvalue weighted by atomic mass is 16.5. The van der Waals surface area contributed by atoms with Crippen LogP contribution in [0.2, 0.25) is 0 Å². The van der Waals surface area contributed by atoms with Gasteiger partial charge >= 0.3 is 0 Å². The van der Waals surface area contributed by atoms with Crippen molar-refractivity contribution < 1.29 is 14.3 Å². The van der Waals surface area contributed by atoms with Crippen molar-refractivity contribution in [2.24, 2.45) is 5.92 Å². The predicted octanol–water partition coefficient (Wildman–Crippen LogP) is 2.37. The van der Waals surface area contributed by atoms with Gasteiger partial charge in [0.15, 0.2) is 0 Å². The molecule has 4 rings (SSSR count). The van der Waals surface area contributed by atoms with Crippen LogP contribution in [0, 0.1) is 12.8 Å². The normalized spacial score (nSPS) is 19.1. The molecule has 1 N–H and O–H groups in total. The van der Waals surface area contributed by atoms with Gasteiger partial charge in [-0.05, 0) is 55.5 Å². The molecule has 28 heavy (non-hydrogen) atoms. The molecule has 2 aromatic rings. The quantitative estimate of drug-likeness (QED) is 0.875. The minimum absolute atomic E-state index is 0.0520. The molecule has 1 saturated heterocycles. The van der Waals surface area contributed by atoms with Crippen molar-refractivity contribution >= 4 is 17.5 Å². The molecule has 1 aliphatic carbocycles. The summed E-state index contributed by atoms with van der Waals surface area (Å²) in [7, 11) is 1.64. The zero-order valence-electron chi connectivity index (χ0n) is 16.4. The number of morpholine rings is 1. The van der Waals surface area contributed by atoms with Gasteiger partial charge in [-0.3, -0.25) is 4.79 Å². The second-order valence-corrected chi connectivity index (χ2v) is 7.35. The van der Waals surface area contributed by atoms with Crippen LogP contribution in [0.4, 0.5) is 11.6 Å². The van der Waals surface area contributed by atoms with Crippen molar-refractivity contribution in [3.8, 4) is 5.75 Å². The number of anilines is 2. The molecule has 1 fully saturated rings. The number of methoxy groups -OCH3 is 1. The van der Waals surface area contributed by atoms with Crippen LogP contribution in [0.3, 0.4) is 0 Å². The number of rotatable bonds is 4. The Labute approximate surface area is 165 Å². The third kappa shape index (κ3) is 3.94. The highest BCUT2D eigenvalue weighted by Gasteiger charge is 2.27. The average Bonchev–Trinajstić information content (AvgIpc) is 2.75. The SMILES string of the molecule is COc1ccc(NC(=O)[C@@H]2CCc3nc(N4CCOCC4)ncc3C2)c(C)c1. The number of ether oxygens (including phenoxy) is 2. The first-order chi connectivity index (χ1) is 13.6. The Morgan fingerprint density at radius 1 is 1.32 bits per heavy atom. The number of carbonyl (C=O) groups excluding carboxylic acids is 1. The Kier molecular flexibility index (Phi) is 5.43. The third-order valence-corrected chi connectivity index (χ3v) is 5.49. The van der Waals surface area contributed by atoms with E-state index in [1.54, 1.807) is 7.11 Å². The van der Waals surface area contributed by atoms with Crippen LogP contribution >= 0.6 is 0 Å². The summed E-state index contributed by atoms with van der Waals surface area (Å²) in [6.07, 6.45) is 4.17. The number of carbonyl (C=O) groups is 1. The molecule has 2 heterocycles. The smallest absolute Gasteiger partial charge is 0.227 e.